The molecule has 124 valence electrons. The van der Waals surface area contributed by atoms with Crippen LogP contribution in [0.4, 0.5) is 0 Å². The lowest BCUT2D eigenvalue weighted by Crippen LogP contribution is -2.08. The molecule has 0 bridgehead atoms. The van der Waals surface area contributed by atoms with Crippen LogP contribution in [0.15, 0.2) is 36.5 Å². The Labute approximate surface area is 142 Å². The minimum atomic E-state index is -1.08. The maximum absolute atomic E-state index is 11.0. The van der Waals surface area contributed by atoms with Crippen LogP contribution in [-0.2, 0) is 13.6 Å². The van der Waals surface area contributed by atoms with Crippen molar-refractivity contribution < 1.29 is 14.6 Å². The van der Waals surface area contributed by atoms with E-state index in [0.29, 0.717) is 35.3 Å². The van der Waals surface area contributed by atoms with E-state index in [0.717, 1.165) is 0 Å². The van der Waals surface area contributed by atoms with E-state index in [4.69, 9.17) is 21.4 Å². The summed E-state index contributed by atoms with van der Waals surface area (Å²) in [6.07, 6.45) is 1.71. The first-order chi connectivity index (χ1) is 11.5. The highest BCUT2D eigenvalue weighted by Crippen LogP contribution is 2.18. The lowest BCUT2D eigenvalue weighted by molar-refractivity contribution is 0.0689. The average Bonchev–Trinajstić information content (AvgIpc) is 3.14. The number of rotatable bonds is 6. The normalized spacial score (nSPS) is 10.8. The molecule has 8 nitrogen and oxygen atoms in total. The van der Waals surface area contributed by atoms with Crippen molar-refractivity contribution in [3.63, 3.8) is 0 Å². The van der Waals surface area contributed by atoms with Gasteiger partial charge in [-0.05, 0) is 18.2 Å². The molecule has 0 atom stereocenters. The van der Waals surface area contributed by atoms with Crippen LogP contribution in [0.2, 0.25) is 5.02 Å². The number of ether oxygens (including phenoxy) is 1. The predicted molar refractivity (Wildman–Crippen MR) is 86.1 cm³/mol. The van der Waals surface area contributed by atoms with E-state index < -0.39 is 5.97 Å². The van der Waals surface area contributed by atoms with Crippen LogP contribution in [-0.4, -0.2) is 42.5 Å². The van der Waals surface area contributed by atoms with Crippen molar-refractivity contribution in [2.75, 3.05) is 6.61 Å². The number of benzene rings is 1. The Hall–Kier alpha value is -2.87. The summed E-state index contributed by atoms with van der Waals surface area (Å²) in [4.78, 5) is 11.0. The van der Waals surface area contributed by atoms with Gasteiger partial charge in [0.15, 0.2) is 5.69 Å². The number of nitrogens with zero attached hydrogens (tertiary/aromatic N) is 5. The third kappa shape index (κ3) is 3.54. The Balaban J connectivity index is 1.64. The number of aromatic nitrogens is 5. The highest BCUT2D eigenvalue weighted by atomic mass is 35.5. The lowest BCUT2D eigenvalue weighted by Gasteiger charge is -2.05. The number of hydrogen-bond acceptors (Lipinski definition) is 5. The smallest absolute Gasteiger partial charge is 0.356 e. The standard InChI is InChI=1S/C15H14ClN5O3/c1-20-14(8-12(18-20)15(22)23)13-9-21(19-17-13)5-6-24-11-4-2-3-10(16)7-11/h2-4,7-9H,5-6H2,1H3,(H,22,23). The molecule has 0 aliphatic heterocycles. The van der Waals surface area contributed by atoms with E-state index in [1.54, 1.807) is 30.1 Å². The molecule has 0 aliphatic rings. The molecule has 0 spiro atoms. The third-order valence-corrected chi connectivity index (χ3v) is 3.52. The average molecular weight is 348 g/mol. The molecule has 0 saturated carbocycles. The molecule has 3 aromatic rings. The second-order valence-electron chi connectivity index (χ2n) is 5.02. The van der Waals surface area contributed by atoms with Gasteiger partial charge in [0.05, 0.1) is 18.4 Å². The van der Waals surface area contributed by atoms with Crippen molar-refractivity contribution in [2.24, 2.45) is 7.05 Å². The molecular weight excluding hydrogens is 334 g/mol. The van der Waals surface area contributed by atoms with Gasteiger partial charge < -0.3 is 9.84 Å². The SMILES string of the molecule is Cn1nc(C(=O)O)cc1-c1cn(CCOc2cccc(Cl)c2)nn1. The van der Waals surface area contributed by atoms with Crippen molar-refractivity contribution in [3.05, 3.63) is 47.2 Å². The molecule has 0 fully saturated rings. The quantitative estimate of drug-likeness (QED) is 0.733. The minimum Gasteiger partial charge on any atom is -0.492 e. The summed E-state index contributed by atoms with van der Waals surface area (Å²) in [6, 6.07) is 8.60. The van der Waals surface area contributed by atoms with Gasteiger partial charge in [-0.1, -0.05) is 22.9 Å². The van der Waals surface area contributed by atoms with Crippen molar-refractivity contribution >= 4 is 17.6 Å². The predicted octanol–water partition coefficient (Wildman–Crippen LogP) is 2.11. The van der Waals surface area contributed by atoms with Crippen molar-refractivity contribution in [1.29, 1.82) is 0 Å². The molecule has 0 radical (unpaired) electrons. The fraction of sp³-hybridized carbons (Fsp3) is 0.200. The van der Waals surface area contributed by atoms with Gasteiger partial charge in [0.1, 0.15) is 18.1 Å². The summed E-state index contributed by atoms with van der Waals surface area (Å²) in [7, 11) is 1.66. The molecule has 1 aromatic carbocycles. The van der Waals surface area contributed by atoms with Gasteiger partial charge in [0.25, 0.3) is 0 Å². The second-order valence-corrected chi connectivity index (χ2v) is 5.45. The second kappa shape index (κ2) is 6.71. The van der Waals surface area contributed by atoms with Crippen LogP contribution in [0.5, 0.6) is 5.75 Å². The van der Waals surface area contributed by atoms with Gasteiger partial charge in [0.2, 0.25) is 0 Å². The first-order valence-electron chi connectivity index (χ1n) is 7.09. The summed E-state index contributed by atoms with van der Waals surface area (Å²) in [5.41, 5.74) is 1.08. The van der Waals surface area contributed by atoms with Gasteiger partial charge in [-0.2, -0.15) is 5.10 Å². The zero-order valence-electron chi connectivity index (χ0n) is 12.8. The highest BCUT2D eigenvalue weighted by Gasteiger charge is 2.15. The number of carboxylic acids is 1. The maximum atomic E-state index is 11.0. The maximum Gasteiger partial charge on any atom is 0.356 e. The Morgan fingerprint density at radius 1 is 1.38 bits per heavy atom. The molecule has 0 amide bonds. The molecule has 0 unspecified atom stereocenters. The first-order valence-corrected chi connectivity index (χ1v) is 7.47. The topological polar surface area (TPSA) is 95.1 Å². The number of aromatic carboxylic acids is 1. The van der Waals surface area contributed by atoms with E-state index in [1.807, 2.05) is 12.1 Å². The lowest BCUT2D eigenvalue weighted by atomic mass is 10.3. The van der Waals surface area contributed by atoms with E-state index in [9.17, 15) is 4.79 Å². The highest BCUT2D eigenvalue weighted by molar-refractivity contribution is 6.30. The molecule has 9 heteroatoms. The van der Waals surface area contributed by atoms with Gasteiger partial charge in [-0.25, -0.2) is 9.48 Å². The van der Waals surface area contributed by atoms with Crippen molar-refractivity contribution in [1.82, 2.24) is 24.8 Å². The number of halogens is 1. The van der Waals surface area contributed by atoms with Crippen LogP contribution in [0.3, 0.4) is 0 Å². The molecule has 3 rings (SSSR count). The summed E-state index contributed by atoms with van der Waals surface area (Å²) in [5, 5.41) is 21.5. The third-order valence-electron chi connectivity index (χ3n) is 3.29. The van der Waals surface area contributed by atoms with E-state index in [2.05, 4.69) is 15.4 Å². The van der Waals surface area contributed by atoms with E-state index in [1.165, 1.54) is 10.7 Å². The number of carboxylic acid groups (broad SMARTS) is 1. The Kier molecular flexibility index (Phi) is 4.48. The summed E-state index contributed by atoms with van der Waals surface area (Å²) in [5.74, 6) is -0.403. The van der Waals surface area contributed by atoms with Gasteiger partial charge in [0, 0.05) is 18.1 Å². The Bertz CT molecular complexity index is 874. The Morgan fingerprint density at radius 2 is 2.21 bits per heavy atom. The number of hydrogen-bond donors (Lipinski definition) is 1. The Morgan fingerprint density at radius 3 is 2.92 bits per heavy atom. The zero-order valence-corrected chi connectivity index (χ0v) is 13.5. The minimum absolute atomic E-state index is 0.0358. The van der Waals surface area contributed by atoms with Gasteiger partial charge in [-0.3, -0.25) is 4.68 Å². The van der Waals surface area contributed by atoms with Crippen LogP contribution in [0, 0.1) is 0 Å². The number of carbonyl (C=O) groups is 1. The molecule has 0 aliphatic carbocycles. The number of aryl methyl sites for hydroxylation is 1. The monoisotopic (exact) mass is 347 g/mol. The fourth-order valence-corrected chi connectivity index (χ4v) is 2.33. The van der Waals surface area contributed by atoms with Crippen LogP contribution in [0.25, 0.3) is 11.4 Å². The molecule has 0 saturated heterocycles. The first kappa shape index (κ1) is 16.0. The van der Waals surface area contributed by atoms with Crippen LogP contribution < -0.4 is 4.74 Å². The molecular formula is C15H14ClN5O3. The summed E-state index contributed by atoms with van der Waals surface area (Å²) < 4.78 is 8.67. The van der Waals surface area contributed by atoms with E-state index >= 15 is 0 Å². The molecule has 2 aromatic heterocycles. The van der Waals surface area contributed by atoms with Crippen LogP contribution >= 0.6 is 11.6 Å². The van der Waals surface area contributed by atoms with Crippen LogP contribution in [0.1, 0.15) is 10.5 Å². The largest absolute Gasteiger partial charge is 0.492 e. The fourth-order valence-electron chi connectivity index (χ4n) is 2.15. The zero-order chi connectivity index (χ0) is 17.1. The van der Waals surface area contributed by atoms with E-state index in [-0.39, 0.29) is 5.69 Å². The van der Waals surface area contributed by atoms with Crippen molar-refractivity contribution in [2.45, 2.75) is 6.54 Å². The summed E-state index contributed by atoms with van der Waals surface area (Å²) in [6.45, 7) is 0.887. The molecule has 2 heterocycles. The molecule has 1 N–H and O–H groups in total. The van der Waals surface area contributed by atoms with Crippen molar-refractivity contribution in [3.8, 4) is 17.1 Å². The molecule has 24 heavy (non-hydrogen) atoms. The van der Waals surface area contributed by atoms with Gasteiger partial charge >= 0.3 is 5.97 Å². The summed E-state index contributed by atoms with van der Waals surface area (Å²) >= 11 is 5.89. The van der Waals surface area contributed by atoms with Gasteiger partial charge in [-0.15, -0.1) is 5.10 Å².